The number of carbonyl (C=O) groups excluding carboxylic acids is 1. The van der Waals surface area contributed by atoms with E-state index in [0.29, 0.717) is 12.3 Å². The minimum absolute atomic E-state index is 0.00363. The van der Waals surface area contributed by atoms with Gasteiger partial charge in [-0.15, -0.1) is 0 Å². The van der Waals surface area contributed by atoms with Gasteiger partial charge in [-0.3, -0.25) is 9.59 Å². The summed E-state index contributed by atoms with van der Waals surface area (Å²) >= 11 is 0. The highest BCUT2D eigenvalue weighted by Crippen LogP contribution is 2.52. The van der Waals surface area contributed by atoms with Gasteiger partial charge in [-0.25, -0.2) is 0 Å². The van der Waals surface area contributed by atoms with E-state index in [1.54, 1.807) is 0 Å². The lowest BCUT2D eigenvalue weighted by molar-refractivity contribution is -0.171. The minimum Gasteiger partial charge on any atom is -0.481 e. The number of carbonyl (C=O) groups is 2. The Kier molecular flexibility index (Phi) is 4.68. The van der Waals surface area contributed by atoms with Crippen LogP contribution in [-0.2, 0) is 9.59 Å². The summed E-state index contributed by atoms with van der Waals surface area (Å²) in [6.45, 7) is 4.03. The highest BCUT2D eigenvalue weighted by molar-refractivity contribution is 5.97. The molecule has 6 unspecified atom stereocenters. The van der Waals surface area contributed by atoms with Crippen LogP contribution < -0.4 is 0 Å². The largest absolute Gasteiger partial charge is 0.481 e. The Morgan fingerprint density at radius 3 is 2.79 bits per heavy atom. The first-order valence-corrected chi connectivity index (χ1v) is 12.1. The van der Waals surface area contributed by atoms with Gasteiger partial charge in [-0.1, -0.05) is 19.1 Å². The fourth-order valence-corrected chi connectivity index (χ4v) is 7.14. The highest BCUT2D eigenvalue weighted by atomic mass is 16.4. The van der Waals surface area contributed by atoms with Crippen molar-refractivity contribution in [2.45, 2.75) is 64.0 Å². The Balaban J connectivity index is 1.29. The molecule has 3 aromatic rings. The molecule has 33 heavy (non-hydrogen) atoms. The van der Waals surface area contributed by atoms with Crippen LogP contribution in [0.1, 0.15) is 56.3 Å². The number of carboxylic acids is 1. The predicted octanol–water partition coefficient (Wildman–Crippen LogP) is 5.33. The van der Waals surface area contributed by atoms with Gasteiger partial charge in [0.2, 0.25) is 5.91 Å². The molecule has 2 N–H and O–H groups in total. The molecule has 2 aliphatic carbocycles. The monoisotopic (exact) mass is 446 g/mol. The molecule has 6 atom stereocenters. The van der Waals surface area contributed by atoms with Gasteiger partial charge in [0.15, 0.2) is 0 Å². The van der Waals surface area contributed by atoms with Crippen molar-refractivity contribution in [3.05, 3.63) is 47.9 Å². The number of H-pyrrole nitrogens is 1. The number of aromatic nitrogens is 1. The van der Waals surface area contributed by atoms with Crippen LogP contribution in [-0.4, -0.2) is 39.0 Å². The number of nitrogens with one attached hydrogen (secondary N) is 1. The number of aromatic amines is 1. The molecule has 6 heteroatoms. The third kappa shape index (κ3) is 3.22. The van der Waals surface area contributed by atoms with Crippen LogP contribution in [0.4, 0.5) is 0 Å². The van der Waals surface area contributed by atoms with Gasteiger partial charge in [0.25, 0.3) is 0 Å². The van der Waals surface area contributed by atoms with E-state index in [9.17, 15) is 14.7 Å². The van der Waals surface area contributed by atoms with Crippen LogP contribution in [0.5, 0.6) is 0 Å². The number of aryl methyl sites for hydroxylation is 1. The number of aliphatic carboxylic acids is 1. The van der Waals surface area contributed by atoms with Crippen LogP contribution >= 0.6 is 0 Å². The van der Waals surface area contributed by atoms with Crippen molar-refractivity contribution in [3.8, 4) is 11.3 Å². The molecule has 172 valence electrons. The van der Waals surface area contributed by atoms with Crippen molar-refractivity contribution in [1.29, 1.82) is 0 Å². The normalized spacial score (nSPS) is 29.0. The number of amides is 1. The molecule has 2 aromatic heterocycles. The zero-order chi connectivity index (χ0) is 22.9. The SMILES string of the molecule is Cc1ccc(-c2cccc3[nH]cc(C(C)CC(=O)N4C5CC6CC(C5)C(C(=O)O)C4C6)c23)o1. The van der Waals surface area contributed by atoms with Crippen LogP contribution in [0.3, 0.4) is 0 Å². The van der Waals surface area contributed by atoms with Crippen LogP contribution in [0.25, 0.3) is 22.2 Å². The molecule has 2 saturated carbocycles. The van der Waals surface area contributed by atoms with Gasteiger partial charge in [0.1, 0.15) is 11.5 Å². The molecule has 0 radical (unpaired) electrons. The predicted molar refractivity (Wildman–Crippen MR) is 125 cm³/mol. The first kappa shape index (κ1) is 20.6. The molecule has 1 amide bonds. The molecule has 6 nitrogen and oxygen atoms in total. The second kappa shape index (κ2) is 7.51. The van der Waals surface area contributed by atoms with Crippen molar-refractivity contribution in [2.24, 2.45) is 17.8 Å². The van der Waals surface area contributed by atoms with Crippen molar-refractivity contribution in [2.75, 3.05) is 0 Å². The maximum absolute atomic E-state index is 13.6. The molecule has 1 aromatic carbocycles. The van der Waals surface area contributed by atoms with E-state index in [1.807, 2.05) is 42.3 Å². The van der Waals surface area contributed by atoms with Gasteiger partial charge in [-0.2, -0.15) is 0 Å². The molecule has 4 fully saturated rings. The van der Waals surface area contributed by atoms with Gasteiger partial charge < -0.3 is 19.4 Å². The number of rotatable bonds is 5. The number of benzene rings is 1. The number of piperidine rings is 2. The summed E-state index contributed by atoms with van der Waals surface area (Å²) in [7, 11) is 0. The molecule has 7 rings (SSSR count). The van der Waals surface area contributed by atoms with E-state index >= 15 is 0 Å². The van der Waals surface area contributed by atoms with E-state index in [0.717, 1.165) is 59.2 Å². The molecule has 2 saturated heterocycles. The number of furan rings is 1. The van der Waals surface area contributed by atoms with E-state index in [-0.39, 0.29) is 29.8 Å². The number of nitrogens with zero attached hydrogens (tertiary/aromatic N) is 1. The second-order valence-corrected chi connectivity index (χ2v) is 10.4. The summed E-state index contributed by atoms with van der Waals surface area (Å²) in [5.41, 5.74) is 3.15. The Morgan fingerprint density at radius 1 is 1.18 bits per heavy atom. The summed E-state index contributed by atoms with van der Waals surface area (Å²) in [5.74, 6) is 1.48. The number of carboxylic acid groups (broad SMARTS) is 1. The fraction of sp³-hybridized carbons (Fsp3) is 0.481. The Labute approximate surface area is 193 Å². The standard InChI is InChI=1S/C27H30N2O4/c1-14(20-13-28-21-5-3-4-19(26(20)21)23-7-6-15(2)33-23)8-24(30)29-18-10-16-9-17(12-18)25(27(31)32)22(29)11-16/h3-7,13-14,16-18,22,25,28H,8-12H2,1-2H3,(H,31,32). The van der Waals surface area contributed by atoms with Gasteiger partial charge in [-0.05, 0) is 74.1 Å². The summed E-state index contributed by atoms with van der Waals surface area (Å²) in [6, 6.07) is 10.2. The quantitative estimate of drug-likeness (QED) is 0.555. The first-order valence-electron chi connectivity index (χ1n) is 12.1. The third-order valence-corrected chi connectivity index (χ3v) is 8.39. The minimum atomic E-state index is -0.732. The van der Waals surface area contributed by atoms with Crippen molar-refractivity contribution in [3.63, 3.8) is 0 Å². The smallest absolute Gasteiger partial charge is 0.308 e. The molecule has 4 aliphatic rings. The third-order valence-electron chi connectivity index (χ3n) is 8.39. The van der Waals surface area contributed by atoms with Gasteiger partial charge >= 0.3 is 5.97 Å². The zero-order valence-corrected chi connectivity index (χ0v) is 19.1. The van der Waals surface area contributed by atoms with Crippen LogP contribution in [0.15, 0.2) is 40.9 Å². The summed E-state index contributed by atoms with van der Waals surface area (Å²) in [4.78, 5) is 31.0. The Bertz CT molecular complexity index is 1240. The summed E-state index contributed by atoms with van der Waals surface area (Å²) in [6.07, 6.45) is 6.14. The lowest BCUT2D eigenvalue weighted by Gasteiger charge is -2.59. The Morgan fingerprint density at radius 2 is 2.03 bits per heavy atom. The van der Waals surface area contributed by atoms with E-state index in [2.05, 4.69) is 18.0 Å². The maximum Gasteiger partial charge on any atom is 0.308 e. The van der Waals surface area contributed by atoms with E-state index < -0.39 is 11.9 Å². The molecule has 0 spiro atoms. The van der Waals surface area contributed by atoms with Gasteiger partial charge in [0.05, 0.1) is 5.92 Å². The van der Waals surface area contributed by atoms with Crippen molar-refractivity contribution >= 4 is 22.8 Å². The number of fused-ring (bicyclic) bond motifs is 1. The van der Waals surface area contributed by atoms with E-state index in [4.69, 9.17) is 4.42 Å². The van der Waals surface area contributed by atoms with Crippen molar-refractivity contribution in [1.82, 2.24) is 9.88 Å². The first-order chi connectivity index (χ1) is 15.9. The molecular formula is C27H30N2O4. The zero-order valence-electron chi connectivity index (χ0n) is 19.1. The van der Waals surface area contributed by atoms with Crippen LogP contribution in [0, 0.1) is 24.7 Å². The molecule has 2 aliphatic heterocycles. The Hall–Kier alpha value is -3.02. The highest BCUT2D eigenvalue weighted by Gasteiger charge is 2.56. The molecule has 4 bridgehead atoms. The average molecular weight is 447 g/mol. The summed E-state index contributed by atoms with van der Waals surface area (Å²) < 4.78 is 5.91. The average Bonchev–Trinajstić information content (AvgIpc) is 3.39. The number of hydrogen-bond donors (Lipinski definition) is 2. The second-order valence-electron chi connectivity index (χ2n) is 10.4. The lowest BCUT2D eigenvalue weighted by Crippen LogP contribution is -2.65. The summed E-state index contributed by atoms with van der Waals surface area (Å²) in [5, 5.41) is 11.0. The fourth-order valence-electron chi connectivity index (χ4n) is 7.14. The lowest BCUT2D eigenvalue weighted by atomic mass is 9.58. The number of hydrogen-bond acceptors (Lipinski definition) is 3. The van der Waals surface area contributed by atoms with Crippen molar-refractivity contribution < 1.29 is 19.1 Å². The van der Waals surface area contributed by atoms with E-state index in [1.165, 1.54) is 0 Å². The van der Waals surface area contributed by atoms with Gasteiger partial charge in [0, 0.05) is 41.2 Å². The molecule has 4 heterocycles. The van der Waals surface area contributed by atoms with Crippen LogP contribution in [0.2, 0.25) is 0 Å². The molecular weight excluding hydrogens is 416 g/mol. The maximum atomic E-state index is 13.6. The topological polar surface area (TPSA) is 86.5 Å².